The molecule has 0 aliphatic carbocycles. The number of aromatic nitrogens is 1. The van der Waals surface area contributed by atoms with Gasteiger partial charge in [-0.05, 0) is 55.2 Å². The summed E-state index contributed by atoms with van der Waals surface area (Å²) in [5, 5.41) is 4.72. The van der Waals surface area contributed by atoms with Crippen LogP contribution in [-0.2, 0) is 21.2 Å². The molecule has 4 rings (SSSR count). The van der Waals surface area contributed by atoms with Crippen molar-refractivity contribution in [1.82, 2.24) is 9.29 Å². The zero-order chi connectivity index (χ0) is 22.7. The molecule has 3 aromatic rings. The Kier molecular flexibility index (Phi) is 6.63. The molecule has 1 saturated heterocycles. The van der Waals surface area contributed by atoms with Crippen molar-refractivity contribution >= 4 is 32.4 Å². The standard InChI is InChI=1S/C22H21F2N3O3S2/c23-18-9-6-16(13-19(18)24)20-14-31-22(25-20)26-21(28)10-5-15-3-7-17(8-4-15)32(29,30)27-11-1-2-12-27/h3-4,6-9,13-14H,1-2,5,10-12H2,(H,25,26,28). The van der Waals surface area contributed by atoms with Crippen LogP contribution in [0.4, 0.5) is 13.9 Å². The van der Waals surface area contributed by atoms with Crippen LogP contribution < -0.4 is 5.32 Å². The van der Waals surface area contributed by atoms with Crippen molar-refractivity contribution in [3.05, 3.63) is 65.0 Å². The minimum atomic E-state index is -3.45. The van der Waals surface area contributed by atoms with Crippen LogP contribution in [0.1, 0.15) is 24.8 Å². The molecule has 2 heterocycles. The van der Waals surface area contributed by atoms with E-state index in [0.717, 1.165) is 30.5 Å². The Morgan fingerprint density at radius 2 is 1.78 bits per heavy atom. The first-order valence-corrected chi connectivity index (χ1v) is 12.4. The second-order valence-electron chi connectivity index (χ2n) is 7.47. The summed E-state index contributed by atoms with van der Waals surface area (Å²) < 4.78 is 53.1. The van der Waals surface area contributed by atoms with Gasteiger partial charge in [0, 0.05) is 30.5 Å². The Hall–Kier alpha value is -2.69. The lowest BCUT2D eigenvalue weighted by Gasteiger charge is -2.15. The third kappa shape index (κ3) is 5.03. The van der Waals surface area contributed by atoms with Crippen LogP contribution in [0.25, 0.3) is 11.3 Å². The quantitative estimate of drug-likeness (QED) is 0.546. The van der Waals surface area contributed by atoms with Crippen molar-refractivity contribution in [2.75, 3.05) is 18.4 Å². The highest BCUT2D eigenvalue weighted by atomic mass is 32.2. The highest BCUT2D eigenvalue weighted by Gasteiger charge is 2.26. The van der Waals surface area contributed by atoms with E-state index >= 15 is 0 Å². The van der Waals surface area contributed by atoms with E-state index in [4.69, 9.17) is 0 Å². The number of hydrogen-bond donors (Lipinski definition) is 1. The number of nitrogens with one attached hydrogen (secondary N) is 1. The fraction of sp³-hybridized carbons (Fsp3) is 0.273. The number of hydrogen-bond acceptors (Lipinski definition) is 5. The number of amides is 1. The van der Waals surface area contributed by atoms with Gasteiger partial charge in [0.15, 0.2) is 16.8 Å². The van der Waals surface area contributed by atoms with E-state index in [-0.39, 0.29) is 17.2 Å². The van der Waals surface area contributed by atoms with Crippen molar-refractivity contribution < 1.29 is 22.0 Å². The maximum absolute atomic E-state index is 13.4. The Morgan fingerprint density at radius 3 is 2.47 bits per heavy atom. The van der Waals surface area contributed by atoms with Crippen molar-refractivity contribution in [1.29, 1.82) is 0 Å². The van der Waals surface area contributed by atoms with Crippen LogP contribution in [0.5, 0.6) is 0 Å². The first-order chi connectivity index (χ1) is 15.3. The van der Waals surface area contributed by atoms with E-state index in [1.54, 1.807) is 29.6 Å². The zero-order valence-electron chi connectivity index (χ0n) is 17.1. The second-order valence-corrected chi connectivity index (χ2v) is 10.3. The molecule has 0 saturated carbocycles. The molecule has 0 spiro atoms. The van der Waals surface area contributed by atoms with Crippen LogP contribution >= 0.6 is 11.3 Å². The van der Waals surface area contributed by atoms with Gasteiger partial charge in [0.05, 0.1) is 10.6 Å². The summed E-state index contributed by atoms with van der Waals surface area (Å²) >= 11 is 1.19. The number of anilines is 1. The van der Waals surface area contributed by atoms with Gasteiger partial charge in [-0.2, -0.15) is 4.31 Å². The number of sulfonamides is 1. The van der Waals surface area contributed by atoms with Crippen molar-refractivity contribution in [3.8, 4) is 11.3 Å². The zero-order valence-corrected chi connectivity index (χ0v) is 18.7. The van der Waals surface area contributed by atoms with E-state index in [0.29, 0.717) is 35.9 Å². The summed E-state index contributed by atoms with van der Waals surface area (Å²) in [6, 6.07) is 10.1. The SMILES string of the molecule is O=C(CCc1ccc(S(=O)(=O)N2CCCC2)cc1)Nc1nc(-c2ccc(F)c(F)c2)cs1. The van der Waals surface area contributed by atoms with Gasteiger partial charge in [0.2, 0.25) is 15.9 Å². The summed E-state index contributed by atoms with van der Waals surface area (Å²) in [7, 11) is -3.45. The fourth-order valence-electron chi connectivity index (χ4n) is 3.46. The lowest BCUT2D eigenvalue weighted by atomic mass is 10.1. The van der Waals surface area contributed by atoms with Gasteiger partial charge in [-0.3, -0.25) is 4.79 Å². The van der Waals surface area contributed by atoms with Crippen LogP contribution in [-0.4, -0.2) is 36.7 Å². The van der Waals surface area contributed by atoms with Crippen LogP contribution in [0, 0.1) is 11.6 Å². The topological polar surface area (TPSA) is 79.4 Å². The predicted molar refractivity (Wildman–Crippen MR) is 119 cm³/mol. The summed E-state index contributed by atoms with van der Waals surface area (Å²) in [4.78, 5) is 16.8. The highest BCUT2D eigenvalue weighted by molar-refractivity contribution is 7.89. The van der Waals surface area contributed by atoms with Gasteiger partial charge in [0.1, 0.15) is 0 Å². The molecule has 32 heavy (non-hydrogen) atoms. The monoisotopic (exact) mass is 477 g/mol. The lowest BCUT2D eigenvalue weighted by molar-refractivity contribution is -0.116. The Bertz CT molecular complexity index is 1220. The maximum Gasteiger partial charge on any atom is 0.243 e. The molecular formula is C22H21F2N3O3S2. The van der Waals surface area contributed by atoms with Crippen LogP contribution in [0.2, 0.25) is 0 Å². The number of aryl methyl sites for hydroxylation is 1. The van der Waals surface area contributed by atoms with E-state index in [2.05, 4.69) is 10.3 Å². The summed E-state index contributed by atoms with van der Waals surface area (Å²) in [5.74, 6) is -2.13. The molecule has 1 aliphatic rings. The second kappa shape index (κ2) is 9.43. The first kappa shape index (κ1) is 22.5. The first-order valence-electron chi connectivity index (χ1n) is 10.1. The normalized spacial score (nSPS) is 14.6. The third-order valence-electron chi connectivity index (χ3n) is 5.23. The van der Waals surface area contributed by atoms with E-state index in [9.17, 15) is 22.0 Å². The van der Waals surface area contributed by atoms with E-state index < -0.39 is 21.7 Å². The summed E-state index contributed by atoms with van der Waals surface area (Å²) in [6.45, 7) is 1.11. The number of benzene rings is 2. The summed E-state index contributed by atoms with van der Waals surface area (Å²) in [5.41, 5.74) is 1.71. The van der Waals surface area contributed by atoms with Crippen molar-refractivity contribution in [2.45, 2.75) is 30.6 Å². The molecule has 1 aromatic heterocycles. The molecule has 1 N–H and O–H groups in total. The minimum Gasteiger partial charge on any atom is -0.302 e. The molecule has 0 bridgehead atoms. The molecular weight excluding hydrogens is 456 g/mol. The highest BCUT2D eigenvalue weighted by Crippen LogP contribution is 2.26. The fourth-order valence-corrected chi connectivity index (χ4v) is 5.72. The van der Waals surface area contributed by atoms with E-state index in [1.165, 1.54) is 21.7 Å². The average Bonchev–Trinajstić information content (AvgIpc) is 3.47. The summed E-state index contributed by atoms with van der Waals surface area (Å²) in [6.07, 6.45) is 2.40. The molecule has 1 fully saturated rings. The average molecular weight is 478 g/mol. The van der Waals surface area contributed by atoms with Gasteiger partial charge in [-0.15, -0.1) is 11.3 Å². The van der Waals surface area contributed by atoms with Gasteiger partial charge >= 0.3 is 0 Å². The number of rotatable bonds is 7. The molecule has 1 aliphatic heterocycles. The smallest absolute Gasteiger partial charge is 0.243 e. The maximum atomic E-state index is 13.4. The Labute approximate surface area is 189 Å². The molecule has 0 atom stereocenters. The molecule has 0 radical (unpaired) electrons. The van der Waals surface area contributed by atoms with Gasteiger partial charge in [0.25, 0.3) is 0 Å². The molecule has 2 aromatic carbocycles. The minimum absolute atomic E-state index is 0.193. The molecule has 10 heteroatoms. The molecule has 168 valence electrons. The number of carbonyl (C=O) groups is 1. The number of carbonyl (C=O) groups excluding carboxylic acids is 1. The molecule has 6 nitrogen and oxygen atoms in total. The van der Waals surface area contributed by atoms with Gasteiger partial charge in [-0.1, -0.05) is 12.1 Å². The number of thiazole rings is 1. The van der Waals surface area contributed by atoms with Crippen LogP contribution in [0.15, 0.2) is 52.7 Å². The number of halogens is 2. The number of nitrogens with zero attached hydrogens (tertiary/aromatic N) is 2. The Balaban J connectivity index is 1.32. The lowest BCUT2D eigenvalue weighted by Crippen LogP contribution is -2.27. The predicted octanol–water partition coefficient (Wildman–Crippen LogP) is 4.44. The van der Waals surface area contributed by atoms with Crippen LogP contribution in [0.3, 0.4) is 0 Å². The van der Waals surface area contributed by atoms with Gasteiger partial charge < -0.3 is 5.32 Å². The Morgan fingerprint density at radius 1 is 1.06 bits per heavy atom. The van der Waals surface area contributed by atoms with E-state index in [1.807, 2.05) is 0 Å². The largest absolute Gasteiger partial charge is 0.302 e. The molecule has 1 amide bonds. The van der Waals surface area contributed by atoms with Crippen molar-refractivity contribution in [2.24, 2.45) is 0 Å². The van der Waals surface area contributed by atoms with Gasteiger partial charge in [-0.25, -0.2) is 22.2 Å². The molecule has 0 unspecified atom stereocenters. The third-order valence-corrected chi connectivity index (χ3v) is 7.90. The van der Waals surface area contributed by atoms with Crippen molar-refractivity contribution in [3.63, 3.8) is 0 Å².